The first-order valence-corrected chi connectivity index (χ1v) is 8.42. The van der Waals surface area contributed by atoms with Gasteiger partial charge in [0, 0.05) is 19.0 Å². The molecule has 0 radical (unpaired) electrons. The Morgan fingerprint density at radius 2 is 2.14 bits per heavy atom. The molecule has 3 heteroatoms. The van der Waals surface area contributed by atoms with Crippen LogP contribution >= 0.6 is 0 Å². The lowest BCUT2D eigenvalue weighted by Gasteiger charge is -2.19. The van der Waals surface area contributed by atoms with E-state index in [0.29, 0.717) is 6.54 Å². The highest BCUT2D eigenvalue weighted by atomic mass is 16.5. The van der Waals surface area contributed by atoms with Gasteiger partial charge in [0.25, 0.3) is 0 Å². The minimum absolute atomic E-state index is 0.0639. The predicted octanol–water partition coefficient (Wildman–Crippen LogP) is 3.42. The number of hydrogen-bond acceptors (Lipinski definition) is 2. The molecule has 1 aliphatic carbocycles. The van der Waals surface area contributed by atoms with Crippen LogP contribution in [0, 0.1) is 5.92 Å². The summed E-state index contributed by atoms with van der Waals surface area (Å²) < 4.78 is 5.51. The lowest BCUT2D eigenvalue weighted by molar-refractivity contribution is -0.116. The number of allylic oxidation sites excluding steroid dienone is 1. The second-order valence-corrected chi connectivity index (χ2v) is 6.57. The first-order valence-electron chi connectivity index (χ1n) is 8.42. The molecule has 0 atom stereocenters. The highest BCUT2D eigenvalue weighted by Crippen LogP contribution is 2.27. The Balaban J connectivity index is 1.45. The summed E-state index contributed by atoms with van der Waals surface area (Å²) >= 11 is 0. The summed E-state index contributed by atoms with van der Waals surface area (Å²) in [5, 5.41) is 3.01. The van der Waals surface area contributed by atoms with E-state index in [-0.39, 0.29) is 5.91 Å². The zero-order chi connectivity index (χ0) is 15.4. The van der Waals surface area contributed by atoms with Crippen molar-refractivity contribution in [1.82, 2.24) is 5.32 Å². The smallest absolute Gasteiger partial charge is 0.243 e. The third kappa shape index (κ3) is 3.90. The maximum absolute atomic E-state index is 12.0. The number of rotatable bonds is 4. The van der Waals surface area contributed by atoms with Crippen molar-refractivity contribution in [2.75, 3.05) is 13.2 Å². The Labute approximate surface area is 132 Å². The van der Waals surface area contributed by atoms with Gasteiger partial charge in [0.2, 0.25) is 5.91 Å². The monoisotopic (exact) mass is 299 g/mol. The highest BCUT2D eigenvalue weighted by molar-refractivity contribution is 5.88. The lowest BCUT2D eigenvalue weighted by atomic mass is 9.87. The second kappa shape index (κ2) is 6.99. The molecule has 1 N–H and O–H groups in total. The number of fused-ring (bicyclic) bond motifs is 1. The van der Waals surface area contributed by atoms with E-state index in [4.69, 9.17) is 4.74 Å². The lowest BCUT2D eigenvalue weighted by Crippen LogP contribution is -2.24. The molecular weight excluding hydrogens is 274 g/mol. The van der Waals surface area contributed by atoms with Crippen LogP contribution in [-0.4, -0.2) is 19.1 Å². The first-order chi connectivity index (χ1) is 10.7. The van der Waals surface area contributed by atoms with Gasteiger partial charge < -0.3 is 10.1 Å². The maximum Gasteiger partial charge on any atom is 0.243 e. The van der Waals surface area contributed by atoms with E-state index >= 15 is 0 Å². The summed E-state index contributed by atoms with van der Waals surface area (Å²) in [6.45, 7) is 3.78. The Hall–Kier alpha value is -1.77. The van der Waals surface area contributed by atoms with E-state index < -0.39 is 0 Å². The number of ether oxygens (including phenoxy) is 1. The molecule has 3 nitrogen and oxygen atoms in total. The van der Waals surface area contributed by atoms with Crippen LogP contribution in [0.25, 0.3) is 0 Å². The molecule has 1 heterocycles. The van der Waals surface area contributed by atoms with Crippen molar-refractivity contribution in [2.45, 2.75) is 45.4 Å². The summed E-state index contributed by atoms with van der Waals surface area (Å²) in [5.41, 5.74) is 3.87. The van der Waals surface area contributed by atoms with E-state index in [9.17, 15) is 4.79 Å². The van der Waals surface area contributed by atoms with Gasteiger partial charge in [-0.25, -0.2) is 0 Å². The Bertz CT molecular complexity index is 567. The zero-order valence-corrected chi connectivity index (χ0v) is 13.4. The number of carbonyl (C=O) groups excluding carboxylic acids is 1. The molecule has 2 aliphatic rings. The van der Waals surface area contributed by atoms with Gasteiger partial charge in [-0.05, 0) is 55.2 Å². The van der Waals surface area contributed by atoms with Crippen LogP contribution in [0.5, 0.6) is 5.75 Å². The molecule has 1 aromatic rings. The minimum atomic E-state index is 0.0639. The molecule has 1 saturated carbocycles. The number of benzene rings is 1. The summed E-state index contributed by atoms with van der Waals surface area (Å²) in [4.78, 5) is 12.0. The van der Waals surface area contributed by atoms with Gasteiger partial charge in [0.15, 0.2) is 0 Å². The zero-order valence-electron chi connectivity index (χ0n) is 13.4. The molecule has 3 rings (SSSR count). The summed E-state index contributed by atoms with van der Waals surface area (Å²) in [7, 11) is 0. The molecule has 1 fully saturated rings. The van der Waals surface area contributed by atoms with Gasteiger partial charge in [-0.15, -0.1) is 0 Å². The van der Waals surface area contributed by atoms with Crippen molar-refractivity contribution in [3.8, 4) is 5.75 Å². The van der Waals surface area contributed by atoms with Gasteiger partial charge >= 0.3 is 0 Å². The van der Waals surface area contributed by atoms with E-state index in [1.54, 1.807) is 0 Å². The Morgan fingerprint density at radius 1 is 1.32 bits per heavy atom. The van der Waals surface area contributed by atoms with Gasteiger partial charge in [0.05, 0.1) is 6.61 Å². The van der Waals surface area contributed by atoms with Crippen molar-refractivity contribution in [1.29, 1.82) is 0 Å². The largest absolute Gasteiger partial charge is 0.493 e. The topological polar surface area (TPSA) is 38.3 Å². The number of hydrogen-bond donors (Lipinski definition) is 1. The van der Waals surface area contributed by atoms with Crippen LogP contribution in [0.1, 0.15) is 43.7 Å². The second-order valence-electron chi connectivity index (χ2n) is 6.57. The van der Waals surface area contributed by atoms with Crippen LogP contribution in [0.15, 0.2) is 29.8 Å². The number of carbonyl (C=O) groups is 1. The van der Waals surface area contributed by atoms with Crippen molar-refractivity contribution in [2.24, 2.45) is 5.92 Å². The number of nitrogens with one attached hydrogen (secondary N) is 1. The molecule has 0 spiro atoms. The fraction of sp³-hybridized carbons (Fsp3) is 0.526. The van der Waals surface area contributed by atoms with Gasteiger partial charge in [-0.3, -0.25) is 4.79 Å². The fourth-order valence-corrected chi connectivity index (χ4v) is 3.24. The summed E-state index contributed by atoms with van der Waals surface area (Å²) in [5.74, 6) is 1.89. The SMILES string of the molecule is CC1CCC(=CC(=O)NCCc2ccc3c(c2)CCO3)CC1. The van der Waals surface area contributed by atoms with Crippen molar-refractivity contribution in [3.05, 3.63) is 41.0 Å². The molecule has 22 heavy (non-hydrogen) atoms. The van der Waals surface area contributed by atoms with E-state index in [1.807, 2.05) is 12.1 Å². The molecule has 0 bridgehead atoms. The normalized spacial score (nSPS) is 20.2. The maximum atomic E-state index is 12.0. The molecule has 0 aromatic heterocycles. The minimum Gasteiger partial charge on any atom is -0.493 e. The molecule has 0 saturated heterocycles. The van der Waals surface area contributed by atoms with Crippen LogP contribution in [0.3, 0.4) is 0 Å². The van der Waals surface area contributed by atoms with Crippen molar-refractivity contribution < 1.29 is 9.53 Å². The Kier molecular flexibility index (Phi) is 4.81. The highest BCUT2D eigenvalue weighted by Gasteiger charge is 2.14. The summed E-state index contributed by atoms with van der Waals surface area (Å²) in [6, 6.07) is 6.34. The predicted molar refractivity (Wildman–Crippen MR) is 88.1 cm³/mol. The van der Waals surface area contributed by atoms with Crippen molar-refractivity contribution >= 4 is 5.91 Å². The molecule has 0 unspecified atom stereocenters. The molecule has 118 valence electrons. The number of amides is 1. The summed E-state index contributed by atoms with van der Waals surface area (Å²) in [6.07, 6.45) is 8.30. The average molecular weight is 299 g/mol. The molecule has 1 aliphatic heterocycles. The van der Waals surface area contributed by atoms with Crippen LogP contribution in [-0.2, 0) is 17.6 Å². The van der Waals surface area contributed by atoms with Gasteiger partial charge in [-0.2, -0.15) is 0 Å². The quantitative estimate of drug-likeness (QED) is 0.865. The van der Waals surface area contributed by atoms with E-state index in [2.05, 4.69) is 24.4 Å². The van der Waals surface area contributed by atoms with Gasteiger partial charge in [0.1, 0.15) is 5.75 Å². The third-order valence-corrected chi connectivity index (χ3v) is 4.72. The average Bonchev–Trinajstić information content (AvgIpc) is 2.97. The molecular formula is C19H25NO2. The molecule has 1 aromatic carbocycles. The van der Waals surface area contributed by atoms with Crippen LogP contribution < -0.4 is 10.1 Å². The van der Waals surface area contributed by atoms with Gasteiger partial charge in [-0.1, -0.05) is 24.6 Å². The van der Waals surface area contributed by atoms with E-state index in [0.717, 1.165) is 44.0 Å². The fourth-order valence-electron chi connectivity index (χ4n) is 3.24. The molecule has 1 amide bonds. The van der Waals surface area contributed by atoms with E-state index in [1.165, 1.54) is 29.5 Å². The van der Waals surface area contributed by atoms with Crippen LogP contribution in [0.4, 0.5) is 0 Å². The first kappa shape index (κ1) is 15.1. The Morgan fingerprint density at radius 3 is 2.95 bits per heavy atom. The standard InChI is InChI=1S/C19H25NO2/c1-14-2-4-15(5-3-14)13-19(21)20-10-8-16-6-7-18-17(12-16)9-11-22-18/h6-7,12-14H,2-5,8-11H2,1H3,(H,20,21). The van der Waals surface area contributed by atoms with Crippen LogP contribution in [0.2, 0.25) is 0 Å². The third-order valence-electron chi connectivity index (χ3n) is 4.72. The van der Waals surface area contributed by atoms with Crippen molar-refractivity contribution in [3.63, 3.8) is 0 Å².